The van der Waals surface area contributed by atoms with Crippen LogP contribution in [0, 0.1) is 12.7 Å². The molecule has 0 fully saturated rings. The summed E-state index contributed by atoms with van der Waals surface area (Å²) in [5.74, 6) is -0.842. The molecule has 0 heterocycles. The molecule has 0 saturated heterocycles. The molecule has 2 amide bonds. The summed E-state index contributed by atoms with van der Waals surface area (Å²) < 4.78 is 14.1. The second-order valence-corrected chi connectivity index (χ2v) is 7.52. The molecule has 0 aliphatic rings. The largest absolute Gasteiger partial charge is 0.352 e. The Bertz CT molecular complexity index is 820. The molecule has 0 spiro atoms. The lowest BCUT2D eigenvalue weighted by molar-refractivity contribution is -0.141. The number of aryl methyl sites for hydroxylation is 1. The minimum absolute atomic E-state index is 0.0273. The van der Waals surface area contributed by atoms with E-state index in [2.05, 4.69) is 5.32 Å². The van der Waals surface area contributed by atoms with Crippen molar-refractivity contribution in [2.24, 2.45) is 0 Å². The molecule has 1 N–H and O–H groups in total. The number of benzene rings is 2. The minimum Gasteiger partial charge on any atom is -0.352 e. The van der Waals surface area contributed by atoms with Gasteiger partial charge in [-0.15, -0.1) is 0 Å². The van der Waals surface area contributed by atoms with Crippen LogP contribution in [0.1, 0.15) is 50.3 Å². The van der Waals surface area contributed by atoms with Crippen LogP contribution in [0.15, 0.2) is 48.5 Å². The van der Waals surface area contributed by atoms with Crippen molar-refractivity contribution < 1.29 is 14.0 Å². The molecular weight excluding hydrogens is 367 g/mol. The predicted octanol–water partition coefficient (Wildman–Crippen LogP) is 4.40. The SMILES string of the molecule is CCC(C)NC(=O)C(CC)N(Cc1ccc(C)cc1)C(=O)Cc1ccccc1F. The topological polar surface area (TPSA) is 49.4 Å². The van der Waals surface area contributed by atoms with Gasteiger partial charge in [0.2, 0.25) is 11.8 Å². The van der Waals surface area contributed by atoms with Crippen LogP contribution in [0.2, 0.25) is 0 Å². The Morgan fingerprint density at radius 3 is 2.28 bits per heavy atom. The molecule has 2 unspecified atom stereocenters. The molecular formula is C24H31FN2O2. The molecule has 0 aliphatic heterocycles. The van der Waals surface area contributed by atoms with E-state index in [1.54, 1.807) is 23.1 Å². The Morgan fingerprint density at radius 1 is 1.03 bits per heavy atom. The quantitative estimate of drug-likeness (QED) is 0.681. The second kappa shape index (κ2) is 10.7. The fourth-order valence-corrected chi connectivity index (χ4v) is 3.16. The number of hydrogen-bond donors (Lipinski definition) is 1. The molecule has 2 aromatic carbocycles. The molecule has 0 aromatic heterocycles. The number of rotatable bonds is 9. The van der Waals surface area contributed by atoms with E-state index in [-0.39, 0.29) is 24.3 Å². The Labute approximate surface area is 173 Å². The smallest absolute Gasteiger partial charge is 0.243 e. The summed E-state index contributed by atoms with van der Waals surface area (Å²) in [5.41, 5.74) is 2.40. The van der Waals surface area contributed by atoms with Gasteiger partial charge in [-0.2, -0.15) is 0 Å². The zero-order valence-electron chi connectivity index (χ0n) is 17.7. The van der Waals surface area contributed by atoms with Crippen LogP contribution in [-0.4, -0.2) is 28.8 Å². The first-order valence-electron chi connectivity index (χ1n) is 10.2. The van der Waals surface area contributed by atoms with Crippen molar-refractivity contribution >= 4 is 11.8 Å². The molecule has 156 valence electrons. The van der Waals surface area contributed by atoms with Gasteiger partial charge in [0.1, 0.15) is 11.9 Å². The van der Waals surface area contributed by atoms with E-state index in [9.17, 15) is 14.0 Å². The molecule has 29 heavy (non-hydrogen) atoms. The van der Waals surface area contributed by atoms with Crippen LogP contribution in [0.5, 0.6) is 0 Å². The van der Waals surface area contributed by atoms with E-state index >= 15 is 0 Å². The van der Waals surface area contributed by atoms with Gasteiger partial charge in [0.25, 0.3) is 0 Å². The maximum absolute atomic E-state index is 14.1. The Kier molecular flexibility index (Phi) is 8.37. The zero-order valence-corrected chi connectivity index (χ0v) is 17.7. The van der Waals surface area contributed by atoms with E-state index in [1.807, 2.05) is 52.0 Å². The molecule has 2 rings (SSSR count). The average Bonchev–Trinajstić information content (AvgIpc) is 2.70. The van der Waals surface area contributed by atoms with Crippen LogP contribution >= 0.6 is 0 Å². The fourth-order valence-electron chi connectivity index (χ4n) is 3.16. The average molecular weight is 399 g/mol. The molecule has 0 aliphatic carbocycles. The number of hydrogen-bond acceptors (Lipinski definition) is 2. The highest BCUT2D eigenvalue weighted by Crippen LogP contribution is 2.17. The number of nitrogens with one attached hydrogen (secondary N) is 1. The maximum atomic E-state index is 14.1. The molecule has 2 atom stereocenters. The third-order valence-corrected chi connectivity index (χ3v) is 5.16. The highest BCUT2D eigenvalue weighted by molar-refractivity contribution is 5.88. The maximum Gasteiger partial charge on any atom is 0.243 e. The van der Waals surface area contributed by atoms with E-state index in [0.29, 0.717) is 18.5 Å². The summed E-state index contributed by atoms with van der Waals surface area (Å²) in [6.07, 6.45) is 1.21. The fraction of sp³-hybridized carbons (Fsp3) is 0.417. The minimum atomic E-state index is -0.607. The highest BCUT2D eigenvalue weighted by Gasteiger charge is 2.29. The Hall–Kier alpha value is -2.69. The van der Waals surface area contributed by atoms with Crippen molar-refractivity contribution in [3.63, 3.8) is 0 Å². The number of carbonyl (C=O) groups excluding carboxylic acids is 2. The third-order valence-electron chi connectivity index (χ3n) is 5.16. The first-order chi connectivity index (χ1) is 13.8. The van der Waals surface area contributed by atoms with Gasteiger partial charge in [-0.25, -0.2) is 4.39 Å². The van der Waals surface area contributed by atoms with Crippen molar-refractivity contribution in [1.29, 1.82) is 0 Å². The molecule has 5 heteroatoms. The van der Waals surface area contributed by atoms with Gasteiger partial charge in [0.05, 0.1) is 6.42 Å². The lowest BCUT2D eigenvalue weighted by atomic mass is 10.1. The summed E-state index contributed by atoms with van der Waals surface area (Å²) in [5, 5.41) is 2.98. The van der Waals surface area contributed by atoms with E-state index in [0.717, 1.165) is 17.5 Å². The van der Waals surface area contributed by atoms with Crippen LogP contribution < -0.4 is 5.32 Å². The summed E-state index contributed by atoms with van der Waals surface area (Å²) in [7, 11) is 0. The number of amides is 2. The molecule has 2 aromatic rings. The van der Waals surface area contributed by atoms with Crippen LogP contribution in [-0.2, 0) is 22.6 Å². The third kappa shape index (κ3) is 6.41. The van der Waals surface area contributed by atoms with Crippen molar-refractivity contribution in [2.45, 2.75) is 65.6 Å². The summed E-state index contributed by atoms with van der Waals surface area (Å²) in [6.45, 7) is 8.13. The number of nitrogens with zero attached hydrogens (tertiary/aromatic N) is 1. The van der Waals surface area contributed by atoms with Gasteiger partial charge in [-0.05, 0) is 43.9 Å². The van der Waals surface area contributed by atoms with Crippen LogP contribution in [0.3, 0.4) is 0 Å². The first-order valence-corrected chi connectivity index (χ1v) is 10.2. The first kappa shape index (κ1) is 22.6. The van der Waals surface area contributed by atoms with Crippen LogP contribution in [0.25, 0.3) is 0 Å². The van der Waals surface area contributed by atoms with Crippen molar-refractivity contribution in [3.05, 3.63) is 71.0 Å². The molecule has 0 saturated carbocycles. The molecule has 0 radical (unpaired) electrons. The lowest BCUT2D eigenvalue weighted by Gasteiger charge is -2.31. The monoisotopic (exact) mass is 398 g/mol. The van der Waals surface area contributed by atoms with E-state index in [1.165, 1.54) is 6.07 Å². The number of carbonyl (C=O) groups is 2. The summed E-state index contributed by atoms with van der Waals surface area (Å²) in [4.78, 5) is 27.6. The highest BCUT2D eigenvalue weighted by atomic mass is 19.1. The van der Waals surface area contributed by atoms with Gasteiger partial charge >= 0.3 is 0 Å². The molecule has 4 nitrogen and oxygen atoms in total. The predicted molar refractivity (Wildman–Crippen MR) is 114 cm³/mol. The van der Waals surface area contributed by atoms with Gasteiger partial charge in [-0.3, -0.25) is 9.59 Å². The van der Waals surface area contributed by atoms with Gasteiger partial charge < -0.3 is 10.2 Å². The van der Waals surface area contributed by atoms with Crippen molar-refractivity contribution in [2.75, 3.05) is 0 Å². The van der Waals surface area contributed by atoms with Crippen LogP contribution in [0.4, 0.5) is 4.39 Å². The van der Waals surface area contributed by atoms with Gasteiger partial charge in [0, 0.05) is 12.6 Å². The normalized spacial score (nSPS) is 12.9. The summed E-state index contributed by atoms with van der Waals surface area (Å²) in [6, 6.07) is 13.6. The van der Waals surface area contributed by atoms with Gasteiger partial charge in [-0.1, -0.05) is 61.9 Å². The van der Waals surface area contributed by atoms with Gasteiger partial charge in [0.15, 0.2) is 0 Å². The summed E-state index contributed by atoms with van der Waals surface area (Å²) >= 11 is 0. The standard InChI is InChI=1S/C24H31FN2O2/c1-5-18(4)26-24(29)22(6-2)27(16-19-13-11-17(3)12-14-19)23(28)15-20-9-7-8-10-21(20)25/h7-14,18,22H,5-6,15-16H2,1-4H3,(H,26,29). The van der Waals surface area contributed by atoms with Crippen molar-refractivity contribution in [1.82, 2.24) is 10.2 Å². The zero-order chi connectivity index (χ0) is 21.4. The molecule has 0 bridgehead atoms. The Balaban J connectivity index is 2.29. The second-order valence-electron chi connectivity index (χ2n) is 7.52. The van der Waals surface area contributed by atoms with E-state index in [4.69, 9.17) is 0 Å². The lowest BCUT2D eigenvalue weighted by Crippen LogP contribution is -2.51. The van der Waals surface area contributed by atoms with Crippen molar-refractivity contribution in [3.8, 4) is 0 Å². The Morgan fingerprint density at radius 2 is 1.69 bits per heavy atom. The number of halogens is 1. The van der Waals surface area contributed by atoms with E-state index < -0.39 is 11.9 Å².